The first kappa shape index (κ1) is 14.9. The Labute approximate surface area is 173 Å². The lowest BCUT2D eigenvalue weighted by Gasteiger charge is -2.46. The molecule has 5 heteroatoms. The first-order chi connectivity index (χ1) is 14.9. The SMILES string of the molecule is c1cnc2c(c1)N1B3N2c2cccc4cccc(c24)N3c2cccc3cccc1c23. The van der Waals surface area contributed by atoms with Gasteiger partial charge in [-0.3, -0.25) is 0 Å². The maximum Gasteiger partial charge on any atom is 0.520 e. The highest BCUT2D eigenvalue weighted by molar-refractivity contribution is 6.80. The second-order valence-electron chi connectivity index (χ2n) is 8.11. The van der Waals surface area contributed by atoms with Crippen molar-refractivity contribution >= 4 is 62.9 Å². The summed E-state index contributed by atoms with van der Waals surface area (Å²) in [5.74, 6) is 1.01. The molecule has 0 N–H and O–H groups in total. The topological polar surface area (TPSA) is 22.6 Å². The number of fused-ring (bicyclic) bond motifs is 7. The fourth-order valence-electron chi connectivity index (χ4n) is 5.62. The van der Waals surface area contributed by atoms with Gasteiger partial charge in [0.1, 0.15) is 5.82 Å². The van der Waals surface area contributed by atoms with E-state index in [1.54, 1.807) is 0 Å². The number of hydrogen-bond donors (Lipinski definition) is 0. The third-order valence-corrected chi connectivity index (χ3v) is 6.71. The zero-order valence-electron chi connectivity index (χ0n) is 16.0. The van der Waals surface area contributed by atoms with E-state index < -0.39 is 0 Å². The van der Waals surface area contributed by atoms with E-state index in [0.717, 1.165) is 11.5 Å². The first-order valence-corrected chi connectivity index (χ1v) is 10.3. The normalized spacial score (nSPS) is 15.1. The van der Waals surface area contributed by atoms with Gasteiger partial charge in [-0.25, -0.2) is 4.98 Å². The van der Waals surface area contributed by atoms with Crippen LogP contribution >= 0.6 is 0 Å². The lowest BCUT2D eigenvalue weighted by Crippen LogP contribution is -2.59. The molecule has 138 valence electrons. The summed E-state index contributed by atoms with van der Waals surface area (Å²) >= 11 is 0. The summed E-state index contributed by atoms with van der Waals surface area (Å²) in [6.07, 6.45) is 1.90. The van der Waals surface area contributed by atoms with Crippen molar-refractivity contribution in [2.75, 3.05) is 14.4 Å². The van der Waals surface area contributed by atoms with Crippen LogP contribution in [0, 0.1) is 0 Å². The van der Waals surface area contributed by atoms with Crippen LogP contribution in [-0.4, -0.2) is 12.1 Å². The van der Waals surface area contributed by atoms with Crippen molar-refractivity contribution in [3.63, 3.8) is 0 Å². The molecule has 3 aliphatic heterocycles. The molecule has 4 aromatic carbocycles. The Balaban J connectivity index is 1.62. The van der Waals surface area contributed by atoms with Gasteiger partial charge in [0, 0.05) is 39.7 Å². The summed E-state index contributed by atoms with van der Waals surface area (Å²) in [5.41, 5.74) is 6.12. The molecule has 3 aliphatic rings. The fraction of sp³-hybridized carbons (Fsp3) is 0. The van der Waals surface area contributed by atoms with E-state index in [1.165, 1.54) is 44.3 Å². The lowest BCUT2D eigenvalue weighted by atomic mass is 9.75. The summed E-state index contributed by atoms with van der Waals surface area (Å²) in [5, 5.41) is 5.10. The van der Waals surface area contributed by atoms with Crippen LogP contribution in [0.15, 0.2) is 91.1 Å². The van der Waals surface area contributed by atoms with Crippen LogP contribution in [0.4, 0.5) is 34.3 Å². The molecule has 0 atom stereocenters. The van der Waals surface area contributed by atoms with Gasteiger partial charge in [-0.05, 0) is 47.2 Å². The maximum absolute atomic E-state index is 4.85. The van der Waals surface area contributed by atoms with E-state index in [-0.39, 0.29) is 7.12 Å². The largest absolute Gasteiger partial charge is 0.520 e. The lowest BCUT2D eigenvalue weighted by molar-refractivity contribution is 1.22. The molecular formula is C25H15BN4. The molecule has 4 heterocycles. The van der Waals surface area contributed by atoms with E-state index in [9.17, 15) is 0 Å². The molecule has 0 bridgehead atoms. The number of hydrogen-bond acceptors (Lipinski definition) is 4. The van der Waals surface area contributed by atoms with Crippen LogP contribution in [0.2, 0.25) is 0 Å². The Kier molecular flexibility index (Phi) is 2.46. The average Bonchev–Trinajstić information content (AvgIpc) is 3.14. The highest BCUT2D eigenvalue weighted by Crippen LogP contribution is 2.58. The molecule has 0 saturated heterocycles. The molecule has 0 fully saturated rings. The molecule has 0 amide bonds. The molecule has 0 saturated carbocycles. The van der Waals surface area contributed by atoms with Crippen LogP contribution in [0.3, 0.4) is 0 Å². The first-order valence-electron chi connectivity index (χ1n) is 10.3. The smallest absolute Gasteiger partial charge is 0.344 e. The quantitative estimate of drug-likeness (QED) is 0.301. The molecule has 0 aliphatic carbocycles. The van der Waals surface area contributed by atoms with Crippen molar-refractivity contribution < 1.29 is 0 Å². The minimum Gasteiger partial charge on any atom is -0.344 e. The number of benzene rings is 4. The number of rotatable bonds is 0. The Bertz CT molecular complexity index is 1420. The zero-order chi connectivity index (χ0) is 19.4. The molecule has 0 radical (unpaired) electrons. The van der Waals surface area contributed by atoms with Gasteiger partial charge in [-0.1, -0.05) is 48.5 Å². The Morgan fingerprint density at radius 2 is 0.967 bits per heavy atom. The second kappa shape index (κ2) is 4.94. The molecule has 4 nitrogen and oxygen atoms in total. The van der Waals surface area contributed by atoms with Crippen molar-refractivity contribution in [2.45, 2.75) is 0 Å². The van der Waals surface area contributed by atoms with Crippen LogP contribution in [-0.2, 0) is 0 Å². The molecule has 0 spiro atoms. The van der Waals surface area contributed by atoms with Gasteiger partial charge in [0.2, 0.25) is 0 Å². The second-order valence-corrected chi connectivity index (χ2v) is 8.11. The van der Waals surface area contributed by atoms with Gasteiger partial charge in [0.25, 0.3) is 0 Å². The summed E-state index contributed by atoms with van der Waals surface area (Å²) < 4.78 is 0. The minimum atomic E-state index is -0.00380. The van der Waals surface area contributed by atoms with Crippen molar-refractivity contribution in [3.8, 4) is 0 Å². The minimum absolute atomic E-state index is 0.00380. The van der Waals surface area contributed by atoms with E-state index >= 15 is 0 Å². The van der Waals surface area contributed by atoms with Crippen LogP contribution in [0.5, 0.6) is 0 Å². The van der Waals surface area contributed by atoms with Gasteiger partial charge in [-0.15, -0.1) is 0 Å². The van der Waals surface area contributed by atoms with Gasteiger partial charge >= 0.3 is 7.12 Å². The van der Waals surface area contributed by atoms with Crippen LogP contribution in [0.1, 0.15) is 0 Å². The Morgan fingerprint density at radius 1 is 0.500 bits per heavy atom. The average molecular weight is 382 g/mol. The van der Waals surface area contributed by atoms with E-state index in [1.807, 2.05) is 12.3 Å². The highest BCUT2D eigenvalue weighted by atomic mass is 15.4. The van der Waals surface area contributed by atoms with Crippen molar-refractivity contribution in [3.05, 3.63) is 91.1 Å². The van der Waals surface area contributed by atoms with Crippen molar-refractivity contribution in [1.82, 2.24) is 4.98 Å². The maximum atomic E-state index is 4.85. The van der Waals surface area contributed by atoms with Gasteiger partial charge in [0.05, 0.1) is 5.69 Å². The van der Waals surface area contributed by atoms with Crippen LogP contribution in [0.25, 0.3) is 21.5 Å². The molecule has 8 rings (SSSR count). The molecule has 30 heavy (non-hydrogen) atoms. The Morgan fingerprint density at radius 3 is 1.53 bits per heavy atom. The monoisotopic (exact) mass is 382 g/mol. The van der Waals surface area contributed by atoms with Gasteiger partial charge in [-0.2, -0.15) is 0 Å². The molecular weight excluding hydrogens is 367 g/mol. The van der Waals surface area contributed by atoms with E-state index in [2.05, 4.69) is 93.3 Å². The van der Waals surface area contributed by atoms with Crippen molar-refractivity contribution in [1.29, 1.82) is 0 Å². The fourth-order valence-corrected chi connectivity index (χ4v) is 5.62. The van der Waals surface area contributed by atoms with Gasteiger partial charge < -0.3 is 14.4 Å². The summed E-state index contributed by atoms with van der Waals surface area (Å²) in [6.45, 7) is 0. The van der Waals surface area contributed by atoms with E-state index in [4.69, 9.17) is 4.98 Å². The predicted octanol–water partition coefficient (Wildman–Crippen LogP) is 6.13. The van der Waals surface area contributed by atoms with E-state index in [0.29, 0.717) is 0 Å². The summed E-state index contributed by atoms with van der Waals surface area (Å²) in [6, 6.07) is 30.7. The molecule has 5 aromatic rings. The van der Waals surface area contributed by atoms with Crippen LogP contribution < -0.4 is 14.4 Å². The van der Waals surface area contributed by atoms with Crippen molar-refractivity contribution in [2.24, 2.45) is 0 Å². The predicted molar refractivity (Wildman–Crippen MR) is 124 cm³/mol. The summed E-state index contributed by atoms with van der Waals surface area (Å²) in [7, 11) is -0.00380. The summed E-state index contributed by atoms with van der Waals surface area (Å²) in [4.78, 5) is 12.2. The molecule has 1 aromatic heterocycles. The number of anilines is 6. The zero-order valence-corrected chi connectivity index (χ0v) is 16.0. The number of nitrogens with zero attached hydrogens (tertiary/aromatic N) is 4. The Hall–Kier alpha value is -3.99. The third-order valence-electron chi connectivity index (χ3n) is 6.71. The third kappa shape index (κ3) is 1.54. The number of aromatic nitrogens is 1. The van der Waals surface area contributed by atoms with Gasteiger partial charge in [0.15, 0.2) is 0 Å². The standard InChI is InChI=1S/C25H15BN4/c1-6-16-7-3-12-20-23(16)18(10-1)28-19-11-2-8-17-9-4-13-21(24(17)19)30-25-22(14-5-15-27-25)29(20)26(28)30/h1-15H. The highest BCUT2D eigenvalue weighted by Gasteiger charge is 2.54. The number of pyridine rings is 1. The molecule has 0 unspecified atom stereocenters.